The van der Waals surface area contributed by atoms with Gasteiger partial charge in [0.15, 0.2) is 11.5 Å². The van der Waals surface area contributed by atoms with E-state index >= 15 is 0 Å². The van der Waals surface area contributed by atoms with Crippen molar-refractivity contribution < 1.29 is 4.42 Å². The Morgan fingerprint density at radius 1 is 1.47 bits per heavy atom. The number of fused-ring (bicyclic) bond motifs is 1. The minimum absolute atomic E-state index is 0.695. The molecule has 2 heterocycles. The summed E-state index contributed by atoms with van der Waals surface area (Å²) in [6.45, 7) is 4.13. The van der Waals surface area contributed by atoms with Gasteiger partial charge in [0.1, 0.15) is 5.52 Å². The number of hydrogen-bond acceptors (Lipinski definition) is 4. The van der Waals surface area contributed by atoms with E-state index in [0.29, 0.717) is 6.04 Å². The van der Waals surface area contributed by atoms with Crippen molar-refractivity contribution in [2.45, 2.75) is 32.2 Å². The van der Waals surface area contributed by atoms with E-state index in [1.807, 2.05) is 13.0 Å². The van der Waals surface area contributed by atoms with Gasteiger partial charge in [-0.3, -0.25) is 0 Å². The molecule has 1 atom stereocenters. The van der Waals surface area contributed by atoms with Crippen LogP contribution in [0.2, 0.25) is 0 Å². The maximum atomic E-state index is 5.50. The van der Waals surface area contributed by atoms with Crippen LogP contribution in [0, 0.1) is 6.92 Å². The highest BCUT2D eigenvalue weighted by Crippen LogP contribution is 2.22. The van der Waals surface area contributed by atoms with Crippen LogP contribution >= 0.6 is 0 Å². The Bertz CT molecular complexity index is 558. The van der Waals surface area contributed by atoms with Gasteiger partial charge in [-0.2, -0.15) is 0 Å². The van der Waals surface area contributed by atoms with Crippen LogP contribution in [0.4, 0.5) is 5.69 Å². The number of benzene rings is 1. The third-order valence-electron chi connectivity index (χ3n) is 3.89. The Balaban J connectivity index is 1.67. The first-order chi connectivity index (χ1) is 9.22. The molecule has 0 spiro atoms. The zero-order valence-electron chi connectivity index (χ0n) is 11.6. The van der Waals surface area contributed by atoms with Gasteiger partial charge in [-0.1, -0.05) is 0 Å². The first-order valence-electron chi connectivity index (χ1n) is 7.04. The highest BCUT2D eigenvalue weighted by molar-refractivity contribution is 5.77. The lowest BCUT2D eigenvalue weighted by atomic mass is 10.1. The summed E-state index contributed by atoms with van der Waals surface area (Å²) in [5.74, 6) is 0.727. The summed E-state index contributed by atoms with van der Waals surface area (Å²) >= 11 is 0. The molecule has 102 valence electrons. The maximum Gasteiger partial charge on any atom is 0.192 e. The van der Waals surface area contributed by atoms with Gasteiger partial charge in [0.2, 0.25) is 0 Å². The molecule has 0 radical (unpaired) electrons. The number of aromatic nitrogens is 1. The molecule has 1 N–H and O–H groups in total. The molecule has 1 unspecified atom stereocenters. The quantitative estimate of drug-likeness (QED) is 0.916. The largest absolute Gasteiger partial charge is 0.441 e. The molecule has 0 amide bonds. The Morgan fingerprint density at radius 2 is 2.37 bits per heavy atom. The molecule has 19 heavy (non-hydrogen) atoms. The predicted octanol–water partition coefficient (Wildman–Crippen LogP) is 2.71. The van der Waals surface area contributed by atoms with Gasteiger partial charge < -0.3 is 14.6 Å². The zero-order valence-corrected chi connectivity index (χ0v) is 11.6. The van der Waals surface area contributed by atoms with Crippen LogP contribution < -0.4 is 10.2 Å². The van der Waals surface area contributed by atoms with Crippen LogP contribution in [0.3, 0.4) is 0 Å². The van der Waals surface area contributed by atoms with E-state index < -0.39 is 0 Å². The number of anilines is 1. The maximum absolute atomic E-state index is 5.50. The summed E-state index contributed by atoms with van der Waals surface area (Å²) in [7, 11) is 2.14. The van der Waals surface area contributed by atoms with Crippen LogP contribution in [0.1, 0.15) is 25.2 Å². The predicted molar refractivity (Wildman–Crippen MR) is 77.7 cm³/mol. The van der Waals surface area contributed by atoms with Crippen molar-refractivity contribution in [3.63, 3.8) is 0 Å². The van der Waals surface area contributed by atoms with Crippen molar-refractivity contribution in [1.29, 1.82) is 0 Å². The van der Waals surface area contributed by atoms with Crippen molar-refractivity contribution in [3.8, 4) is 0 Å². The molecule has 1 saturated heterocycles. The fraction of sp³-hybridized carbons (Fsp3) is 0.533. The van der Waals surface area contributed by atoms with Crippen LogP contribution in [0.15, 0.2) is 22.6 Å². The molecular formula is C15H21N3O. The fourth-order valence-corrected chi connectivity index (χ4v) is 2.75. The minimum Gasteiger partial charge on any atom is -0.441 e. The lowest BCUT2D eigenvalue weighted by Crippen LogP contribution is -2.28. The van der Waals surface area contributed by atoms with E-state index in [1.165, 1.54) is 31.5 Å². The van der Waals surface area contributed by atoms with Gasteiger partial charge in [-0.15, -0.1) is 0 Å². The van der Waals surface area contributed by atoms with Crippen LogP contribution in [-0.2, 0) is 0 Å². The second-order valence-electron chi connectivity index (χ2n) is 5.39. The monoisotopic (exact) mass is 259 g/mol. The van der Waals surface area contributed by atoms with Gasteiger partial charge in [-0.05, 0) is 44.0 Å². The number of nitrogens with one attached hydrogen (secondary N) is 1. The Labute approximate surface area is 113 Å². The van der Waals surface area contributed by atoms with E-state index in [4.69, 9.17) is 4.42 Å². The highest BCUT2D eigenvalue weighted by Gasteiger charge is 2.14. The van der Waals surface area contributed by atoms with Gasteiger partial charge >= 0.3 is 0 Å². The third kappa shape index (κ3) is 2.73. The first kappa shape index (κ1) is 12.5. The smallest absolute Gasteiger partial charge is 0.192 e. The SMILES string of the molecule is Cc1nc2cc(N(C)CCC3CCCN3)ccc2o1. The average Bonchev–Trinajstić information content (AvgIpc) is 3.02. The number of aryl methyl sites for hydroxylation is 1. The molecule has 4 heteroatoms. The Morgan fingerprint density at radius 3 is 3.16 bits per heavy atom. The summed E-state index contributed by atoms with van der Waals surface area (Å²) in [6, 6.07) is 6.92. The molecule has 0 saturated carbocycles. The molecule has 1 aliphatic heterocycles. The molecule has 1 fully saturated rings. The van der Waals surface area contributed by atoms with Crippen LogP contribution in [0.5, 0.6) is 0 Å². The van der Waals surface area contributed by atoms with E-state index in [2.05, 4.69) is 34.4 Å². The number of hydrogen-bond donors (Lipinski definition) is 1. The molecular weight excluding hydrogens is 238 g/mol. The first-order valence-corrected chi connectivity index (χ1v) is 7.04. The van der Waals surface area contributed by atoms with Gasteiger partial charge in [0.25, 0.3) is 0 Å². The van der Waals surface area contributed by atoms with Crippen molar-refractivity contribution >= 4 is 16.8 Å². The van der Waals surface area contributed by atoms with E-state index in [0.717, 1.165) is 23.5 Å². The number of nitrogens with zero attached hydrogens (tertiary/aromatic N) is 2. The zero-order chi connectivity index (χ0) is 13.2. The Hall–Kier alpha value is -1.55. The normalized spacial score (nSPS) is 19.2. The molecule has 1 aliphatic rings. The summed E-state index contributed by atoms with van der Waals surface area (Å²) in [5.41, 5.74) is 3.02. The van der Waals surface area contributed by atoms with Crippen LogP contribution in [-0.4, -0.2) is 31.2 Å². The lowest BCUT2D eigenvalue weighted by molar-refractivity contribution is 0.558. The van der Waals surface area contributed by atoms with Crippen molar-refractivity contribution in [2.24, 2.45) is 0 Å². The lowest BCUT2D eigenvalue weighted by Gasteiger charge is -2.21. The Kier molecular flexibility index (Phi) is 3.42. The van der Waals surface area contributed by atoms with Crippen molar-refractivity contribution in [2.75, 3.05) is 25.0 Å². The molecule has 1 aromatic heterocycles. The second kappa shape index (κ2) is 5.21. The molecule has 1 aromatic carbocycles. The van der Waals surface area contributed by atoms with E-state index in [-0.39, 0.29) is 0 Å². The summed E-state index contributed by atoms with van der Waals surface area (Å²) < 4.78 is 5.50. The summed E-state index contributed by atoms with van der Waals surface area (Å²) in [6.07, 6.45) is 3.83. The van der Waals surface area contributed by atoms with Crippen molar-refractivity contribution in [1.82, 2.24) is 10.3 Å². The van der Waals surface area contributed by atoms with E-state index in [1.54, 1.807) is 0 Å². The molecule has 2 aromatic rings. The van der Waals surface area contributed by atoms with Crippen LogP contribution in [0.25, 0.3) is 11.1 Å². The topological polar surface area (TPSA) is 41.3 Å². The molecule has 0 bridgehead atoms. The molecule has 0 aliphatic carbocycles. The van der Waals surface area contributed by atoms with Crippen molar-refractivity contribution in [3.05, 3.63) is 24.1 Å². The molecule has 4 nitrogen and oxygen atoms in total. The van der Waals surface area contributed by atoms with Gasteiger partial charge in [-0.25, -0.2) is 4.98 Å². The number of oxazole rings is 1. The molecule has 3 rings (SSSR count). The standard InChI is InChI=1S/C15H21N3O/c1-11-17-14-10-13(5-6-15(14)19-11)18(2)9-7-12-4-3-8-16-12/h5-6,10,12,16H,3-4,7-9H2,1-2H3. The van der Waals surface area contributed by atoms with Gasteiger partial charge in [0.05, 0.1) is 0 Å². The van der Waals surface area contributed by atoms with Gasteiger partial charge in [0, 0.05) is 32.2 Å². The van der Waals surface area contributed by atoms with E-state index in [9.17, 15) is 0 Å². The number of rotatable bonds is 4. The highest BCUT2D eigenvalue weighted by atomic mass is 16.3. The third-order valence-corrected chi connectivity index (χ3v) is 3.89. The average molecular weight is 259 g/mol. The summed E-state index contributed by atoms with van der Waals surface area (Å²) in [4.78, 5) is 6.68. The summed E-state index contributed by atoms with van der Waals surface area (Å²) in [5, 5.41) is 3.54. The minimum atomic E-state index is 0.695. The fourth-order valence-electron chi connectivity index (χ4n) is 2.75. The second-order valence-corrected chi connectivity index (χ2v) is 5.39.